The molecule has 1 heterocycles. The van der Waals surface area contributed by atoms with Gasteiger partial charge in [-0.15, -0.1) is 0 Å². The van der Waals surface area contributed by atoms with E-state index in [4.69, 9.17) is 4.74 Å². The number of aromatic carboxylic acids is 1. The maximum atomic E-state index is 13.3. The molecule has 2 aromatic carbocycles. The number of fused-ring (bicyclic) bond motifs is 1. The van der Waals surface area contributed by atoms with Crippen molar-refractivity contribution in [2.24, 2.45) is 0 Å². The van der Waals surface area contributed by atoms with Gasteiger partial charge in [0.15, 0.2) is 0 Å². The number of benzene rings is 2. The molecule has 0 bridgehead atoms. The number of carbonyl (C=O) groups is 1. The van der Waals surface area contributed by atoms with Crippen LogP contribution in [0.1, 0.15) is 29.8 Å². The molecular formula is C17H15FO3. The van der Waals surface area contributed by atoms with Crippen LogP contribution in [0.5, 0.6) is 5.75 Å². The fourth-order valence-corrected chi connectivity index (χ4v) is 2.63. The molecule has 3 rings (SSSR count). The fourth-order valence-electron chi connectivity index (χ4n) is 2.63. The number of ether oxygens (including phenoxy) is 1. The Bertz CT molecular complexity index is 735. The van der Waals surface area contributed by atoms with Gasteiger partial charge in [-0.2, -0.15) is 0 Å². The molecule has 0 aliphatic carbocycles. The molecule has 0 unspecified atom stereocenters. The van der Waals surface area contributed by atoms with E-state index in [0.29, 0.717) is 12.2 Å². The van der Waals surface area contributed by atoms with Gasteiger partial charge in [0, 0.05) is 11.0 Å². The largest absolute Gasteiger partial charge is 0.492 e. The number of halogens is 1. The van der Waals surface area contributed by atoms with Gasteiger partial charge >= 0.3 is 5.97 Å². The quantitative estimate of drug-likeness (QED) is 0.911. The Labute approximate surface area is 122 Å². The Kier molecular flexibility index (Phi) is 2.97. The Morgan fingerprint density at radius 2 is 2.00 bits per heavy atom. The summed E-state index contributed by atoms with van der Waals surface area (Å²) >= 11 is 0. The van der Waals surface area contributed by atoms with E-state index in [9.17, 15) is 14.3 Å². The summed E-state index contributed by atoms with van der Waals surface area (Å²) in [6.45, 7) is 4.75. The van der Waals surface area contributed by atoms with E-state index in [1.165, 1.54) is 12.1 Å². The Morgan fingerprint density at radius 1 is 1.24 bits per heavy atom. The van der Waals surface area contributed by atoms with Crippen molar-refractivity contribution < 1.29 is 19.0 Å². The van der Waals surface area contributed by atoms with Gasteiger partial charge in [0.2, 0.25) is 0 Å². The summed E-state index contributed by atoms with van der Waals surface area (Å²) in [6.07, 6.45) is 0. The SMILES string of the molecule is CC1(C)COc2ccc(-c3ccc(F)cc3C(=O)O)cc21. The summed E-state index contributed by atoms with van der Waals surface area (Å²) in [4.78, 5) is 11.3. The number of carboxylic acids is 1. The summed E-state index contributed by atoms with van der Waals surface area (Å²) < 4.78 is 18.9. The number of hydrogen-bond donors (Lipinski definition) is 1. The maximum Gasteiger partial charge on any atom is 0.336 e. The van der Waals surface area contributed by atoms with Gasteiger partial charge in [-0.05, 0) is 35.4 Å². The van der Waals surface area contributed by atoms with Gasteiger partial charge < -0.3 is 9.84 Å². The lowest BCUT2D eigenvalue weighted by molar-refractivity contribution is 0.0697. The second-order valence-electron chi connectivity index (χ2n) is 5.88. The first-order chi connectivity index (χ1) is 9.88. The van der Waals surface area contributed by atoms with Crippen molar-refractivity contribution in [1.82, 2.24) is 0 Å². The second-order valence-corrected chi connectivity index (χ2v) is 5.88. The highest BCUT2D eigenvalue weighted by molar-refractivity contribution is 5.96. The summed E-state index contributed by atoms with van der Waals surface area (Å²) in [7, 11) is 0. The third-order valence-corrected chi connectivity index (χ3v) is 3.82. The van der Waals surface area contributed by atoms with Gasteiger partial charge in [-0.25, -0.2) is 9.18 Å². The standard InChI is InChI=1S/C17H15FO3/c1-17(2)9-21-15-6-3-10(7-14(15)17)12-5-4-11(18)8-13(12)16(19)20/h3-8H,9H2,1-2H3,(H,19,20). The summed E-state index contributed by atoms with van der Waals surface area (Å²) in [5.41, 5.74) is 2.15. The van der Waals surface area contributed by atoms with Gasteiger partial charge in [-0.1, -0.05) is 26.0 Å². The minimum absolute atomic E-state index is 0.0355. The first kappa shape index (κ1) is 13.6. The van der Waals surface area contributed by atoms with Gasteiger partial charge in [-0.3, -0.25) is 0 Å². The van der Waals surface area contributed by atoms with Crippen LogP contribution in [-0.2, 0) is 5.41 Å². The Balaban J connectivity index is 2.17. The van der Waals surface area contributed by atoms with Crippen molar-refractivity contribution in [3.63, 3.8) is 0 Å². The third-order valence-electron chi connectivity index (χ3n) is 3.82. The lowest BCUT2D eigenvalue weighted by Gasteiger charge is -2.16. The van der Waals surface area contributed by atoms with E-state index in [2.05, 4.69) is 13.8 Å². The topological polar surface area (TPSA) is 46.5 Å². The van der Waals surface area contributed by atoms with E-state index in [1.54, 1.807) is 6.07 Å². The van der Waals surface area contributed by atoms with Crippen LogP contribution in [0.2, 0.25) is 0 Å². The monoisotopic (exact) mass is 286 g/mol. The molecule has 0 aromatic heterocycles. The zero-order valence-electron chi connectivity index (χ0n) is 11.8. The molecule has 21 heavy (non-hydrogen) atoms. The van der Waals surface area contributed by atoms with Gasteiger partial charge in [0.1, 0.15) is 11.6 Å². The normalized spacial score (nSPS) is 15.4. The van der Waals surface area contributed by atoms with Gasteiger partial charge in [0.05, 0.1) is 12.2 Å². The molecular weight excluding hydrogens is 271 g/mol. The molecule has 0 atom stereocenters. The molecule has 1 aliphatic rings. The Hall–Kier alpha value is -2.36. The van der Waals surface area contributed by atoms with Crippen LogP contribution in [0, 0.1) is 5.82 Å². The lowest BCUT2D eigenvalue weighted by Crippen LogP contribution is -2.18. The average molecular weight is 286 g/mol. The van der Waals surface area contributed by atoms with Crippen molar-refractivity contribution >= 4 is 5.97 Å². The molecule has 0 fully saturated rings. The van der Waals surface area contributed by atoms with Gasteiger partial charge in [0.25, 0.3) is 0 Å². The van der Waals surface area contributed by atoms with Crippen molar-refractivity contribution in [1.29, 1.82) is 0 Å². The molecule has 1 aliphatic heterocycles. The number of hydrogen-bond acceptors (Lipinski definition) is 2. The molecule has 108 valence electrons. The molecule has 0 saturated heterocycles. The molecule has 1 N–H and O–H groups in total. The minimum atomic E-state index is -1.14. The van der Waals surface area contributed by atoms with Crippen LogP contribution in [0.4, 0.5) is 4.39 Å². The van der Waals surface area contributed by atoms with Crippen molar-refractivity contribution in [3.8, 4) is 16.9 Å². The van der Waals surface area contributed by atoms with E-state index < -0.39 is 11.8 Å². The molecule has 0 radical (unpaired) electrons. The highest BCUT2D eigenvalue weighted by atomic mass is 19.1. The lowest BCUT2D eigenvalue weighted by atomic mass is 9.85. The first-order valence-electron chi connectivity index (χ1n) is 6.69. The molecule has 0 spiro atoms. The zero-order chi connectivity index (χ0) is 15.2. The van der Waals surface area contributed by atoms with E-state index in [0.717, 1.165) is 22.9 Å². The maximum absolute atomic E-state index is 13.3. The van der Waals surface area contributed by atoms with Crippen molar-refractivity contribution in [2.75, 3.05) is 6.61 Å². The second kappa shape index (κ2) is 4.58. The van der Waals surface area contributed by atoms with E-state index >= 15 is 0 Å². The molecule has 0 amide bonds. The van der Waals surface area contributed by atoms with Crippen LogP contribution in [0.3, 0.4) is 0 Å². The predicted octanol–water partition coefficient (Wildman–Crippen LogP) is 3.86. The van der Waals surface area contributed by atoms with Crippen LogP contribution >= 0.6 is 0 Å². The van der Waals surface area contributed by atoms with Crippen LogP contribution in [-0.4, -0.2) is 17.7 Å². The number of rotatable bonds is 2. The predicted molar refractivity (Wildman–Crippen MR) is 77.3 cm³/mol. The molecule has 3 nitrogen and oxygen atoms in total. The van der Waals surface area contributed by atoms with E-state index in [-0.39, 0.29) is 11.0 Å². The fraction of sp³-hybridized carbons (Fsp3) is 0.235. The van der Waals surface area contributed by atoms with Crippen molar-refractivity contribution in [3.05, 3.63) is 53.3 Å². The zero-order valence-corrected chi connectivity index (χ0v) is 11.8. The van der Waals surface area contributed by atoms with Crippen LogP contribution in [0.25, 0.3) is 11.1 Å². The summed E-state index contributed by atoms with van der Waals surface area (Å²) in [5.74, 6) is -0.871. The molecule has 4 heteroatoms. The summed E-state index contributed by atoms with van der Waals surface area (Å²) in [6, 6.07) is 9.41. The van der Waals surface area contributed by atoms with Crippen molar-refractivity contribution in [2.45, 2.75) is 19.3 Å². The van der Waals surface area contributed by atoms with Crippen LogP contribution in [0.15, 0.2) is 36.4 Å². The van der Waals surface area contributed by atoms with E-state index in [1.807, 2.05) is 12.1 Å². The summed E-state index contributed by atoms with van der Waals surface area (Å²) in [5, 5.41) is 9.26. The highest BCUT2D eigenvalue weighted by Crippen LogP contribution is 2.41. The third kappa shape index (κ3) is 2.27. The molecule has 0 saturated carbocycles. The first-order valence-corrected chi connectivity index (χ1v) is 6.69. The highest BCUT2D eigenvalue weighted by Gasteiger charge is 2.32. The minimum Gasteiger partial charge on any atom is -0.492 e. The Morgan fingerprint density at radius 3 is 2.71 bits per heavy atom. The molecule has 2 aromatic rings. The average Bonchev–Trinajstić information content (AvgIpc) is 2.74. The smallest absolute Gasteiger partial charge is 0.336 e. The number of carboxylic acid groups (broad SMARTS) is 1. The van der Waals surface area contributed by atoms with Crippen LogP contribution < -0.4 is 4.74 Å².